The normalized spacial score (nSPS) is 12.2. The van der Waals surface area contributed by atoms with E-state index in [0.29, 0.717) is 24.9 Å². The Morgan fingerprint density at radius 3 is 2.32 bits per heavy atom. The predicted molar refractivity (Wildman–Crippen MR) is 93.2 cm³/mol. The van der Waals surface area contributed by atoms with E-state index in [2.05, 4.69) is 36.3 Å². The average molecular weight is 365 g/mol. The molecule has 0 unspecified atom stereocenters. The van der Waals surface area contributed by atoms with Crippen LogP contribution in [0.25, 0.3) is 0 Å². The topological polar surface area (TPSA) is 102 Å². The summed E-state index contributed by atoms with van der Waals surface area (Å²) in [6.45, 7) is 6.79. The van der Waals surface area contributed by atoms with E-state index in [1.807, 2.05) is 24.3 Å². The molecule has 8 heteroatoms. The molecule has 1 N–H and O–H groups in total. The lowest BCUT2D eigenvalue weighted by molar-refractivity contribution is 0.0953. The summed E-state index contributed by atoms with van der Waals surface area (Å²) >= 11 is 0. The number of hydrogen-bond donors (Lipinski definition) is 1. The van der Waals surface area contributed by atoms with Crippen LogP contribution in [0, 0.1) is 0 Å². The van der Waals surface area contributed by atoms with Gasteiger partial charge in [0.25, 0.3) is 5.91 Å². The number of aryl methyl sites for hydroxylation is 1. The second kappa shape index (κ2) is 7.35. The molecule has 0 spiro atoms. The van der Waals surface area contributed by atoms with Crippen molar-refractivity contribution in [1.82, 2.24) is 15.5 Å². The molecule has 0 aliphatic rings. The third-order valence-corrected chi connectivity index (χ3v) is 4.43. The highest BCUT2D eigenvalue weighted by Crippen LogP contribution is 2.22. The van der Waals surface area contributed by atoms with Gasteiger partial charge in [0.1, 0.15) is 0 Å². The molecule has 25 heavy (non-hydrogen) atoms. The standard InChI is InChI=1S/C17H23N3O4S/c1-17(2,3)13-9-7-12(8-10-13)15(21)18-11-5-6-14-19-20-16(24-14)25(4,22)23/h7-10H,5-6,11H2,1-4H3,(H,18,21). The van der Waals surface area contributed by atoms with E-state index >= 15 is 0 Å². The second-order valence-corrected chi connectivity index (χ2v) is 8.81. The molecule has 2 aromatic rings. The minimum absolute atomic E-state index is 0.0455. The maximum absolute atomic E-state index is 12.1. The molecule has 136 valence electrons. The molecule has 1 amide bonds. The summed E-state index contributed by atoms with van der Waals surface area (Å²) in [4.78, 5) is 12.1. The number of carbonyl (C=O) groups excluding carboxylic acids is 1. The van der Waals surface area contributed by atoms with Gasteiger partial charge in [-0.05, 0) is 29.5 Å². The molecule has 0 radical (unpaired) electrons. The second-order valence-electron chi connectivity index (χ2n) is 6.92. The molecule has 1 aromatic heterocycles. The molecule has 0 aliphatic carbocycles. The molecule has 1 aromatic carbocycles. The number of nitrogens with zero attached hydrogens (tertiary/aromatic N) is 2. The first kappa shape index (κ1) is 19.1. The van der Waals surface area contributed by atoms with Gasteiger partial charge in [0.15, 0.2) is 0 Å². The minimum Gasteiger partial charge on any atom is -0.413 e. The zero-order chi connectivity index (χ0) is 18.7. The molecule has 0 atom stereocenters. The number of aromatic nitrogens is 2. The first-order chi connectivity index (χ1) is 11.6. The lowest BCUT2D eigenvalue weighted by Gasteiger charge is -2.19. The van der Waals surface area contributed by atoms with Gasteiger partial charge >= 0.3 is 5.22 Å². The van der Waals surface area contributed by atoms with Crippen molar-refractivity contribution in [2.75, 3.05) is 12.8 Å². The molecule has 1 heterocycles. The van der Waals surface area contributed by atoms with Crippen LogP contribution in [0.15, 0.2) is 33.9 Å². The molecule has 7 nitrogen and oxygen atoms in total. The van der Waals surface area contributed by atoms with Crippen LogP contribution < -0.4 is 5.32 Å². The fourth-order valence-corrected chi connectivity index (χ4v) is 2.59. The van der Waals surface area contributed by atoms with Crippen LogP contribution in [0.2, 0.25) is 0 Å². The molecule has 0 fully saturated rings. The van der Waals surface area contributed by atoms with Crippen LogP contribution in [0.1, 0.15) is 49.0 Å². The summed E-state index contributed by atoms with van der Waals surface area (Å²) in [5, 5.41) is 9.60. The van der Waals surface area contributed by atoms with Gasteiger partial charge in [0.2, 0.25) is 15.7 Å². The van der Waals surface area contributed by atoms with Gasteiger partial charge in [-0.1, -0.05) is 38.0 Å². The van der Waals surface area contributed by atoms with Crippen LogP contribution in [-0.4, -0.2) is 37.3 Å². The Hall–Kier alpha value is -2.22. The van der Waals surface area contributed by atoms with Gasteiger partial charge in [-0.15, -0.1) is 5.10 Å². The smallest absolute Gasteiger partial charge is 0.335 e. The highest BCUT2D eigenvalue weighted by Gasteiger charge is 2.16. The summed E-state index contributed by atoms with van der Waals surface area (Å²) in [5.74, 6) is 0.0898. The zero-order valence-electron chi connectivity index (χ0n) is 14.9. The Labute approximate surface area is 147 Å². The van der Waals surface area contributed by atoms with Crippen LogP contribution in [0.3, 0.4) is 0 Å². The molecule has 2 rings (SSSR count). The Bertz CT molecular complexity index is 834. The lowest BCUT2D eigenvalue weighted by Crippen LogP contribution is -2.25. The first-order valence-electron chi connectivity index (χ1n) is 7.98. The molecule has 0 bridgehead atoms. The van der Waals surface area contributed by atoms with E-state index in [1.54, 1.807) is 0 Å². The number of sulfone groups is 1. The van der Waals surface area contributed by atoms with E-state index in [4.69, 9.17) is 4.42 Å². The highest BCUT2D eigenvalue weighted by molar-refractivity contribution is 7.90. The summed E-state index contributed by atoms with van der Waals surface area (Å²) < 4.78 is 27.6. The Balaban J connectivity index is 1.81. The average Bonchev–Trinajstić information content (AvgIpc) is 3.00. The number of amides is 1. The first-order valence-corrected chi connectivity index (χ1v) is 9.88. The highest BCUT2D eigenvalue weighted by atomic mass is 32.2. The van der Waals surface area contributed by atoms with E-state index in [1.165, 1.54) is 5.56 Å². The number of rotatable bonds is 6. The molecule has 0 aliphatic heterocycles. The Morgan fingerprint density at radius 1 is 1.16 bits per heavy atom. The third kappa shape index (κ3) is 5.38. The number of benzene rings is 1. The van der Waals surface area contributed by atoms with Gasteiger partial charge in [-0.2, -0.15) is 0 Å². The number of carbonyl (C=O) groups is 1. The van der Waals surface area contributed by atoms with Gasteiger partial charge in [-0.3, -0.25) is 4.79 Å². The molecule has 0 saturated carbocycles. The van der Waals surface area contributed by atoms with Gasteiger partial charge in [0.05, 0.1) is 0 Å². The third-order valence-electron chi connectivity index (χ3n) is 3.63. The zero-order valence-corrected chi connectivity index (χ0v) is 15.7. The Morgan fingerprint density at radius 2 is 1.80 bits per heavy atom. The summed E-state index contributed by atoms with van der Waals surface area (Å²) in [6, 6.07) is 7.54. The van der Waals surface area contributed by atoms with E-state index in [9.17, 15) is 13.2 Å². The summed E-state index contributed by atoms with van der Waals surface area (Å²) in [7, 11) is -3.49. The van der Waals surface area contributed by atoms with Crippen molar-refractivity contribution in [1.29, 1.82) is 0 Å². The van der Waals surface area contributed by atoms with Crippen molar-refractivity contribution in [2.24, 2.45) is 0 Å². The van der Waals surface area contributed by atoms with Crippen molar-refractivity contribution in [3.63, 3.8) is 0 Å². The van der Waals surface area contributed by atoms with Crippen molar-refractivity contribution in [2.45, 2.75) is 44.3 Å². The van der Waals surface area contributed by atoms with Crippen molar-refractivity contribution >= 4 is 15.7 Å². The summed E-state index contributed by atoms with van der Waals surface area (Å²) in [6.07, 6.45) is 1.97. The van der Waals surface area contributed by atoms with Crippen LogP contribution in [0.5, 0.6) is 0 Å². The van der Waals surface area contributed by atoms with E-state index in [-0.39, 0.29) is 22.4 Å². The molecular weight excluding hydrogens is 342 g/mol. The van der Waals surface area contributed by atoms with Crippen LogP contribution >= 0.6 is 0 Å². The van der Waals surface area contributed by atoms with Crippen molar-refractivity contribution < 1.29 is 17.6 Å². The summed E-state index contributed by atoms with van der Waals surface area (Å²) in [5.41, 5.74) is 1.82. The van der Waals surface area contributed by atoms with E-state index in [0.717, 1.165) is 6.26 Å². The number of nitrogens with one attached hydrogen (secondary N) is 1. The fraction of sp³-hybridized carbons (Fsp3) is 0.471. The molecule has 0 saturated heterocycles. The monoisotopic (exact) mass is 365 g/mol. The molecular formula is C17H23N3O4S. The predicted octanol–water partition coefficient (Wildman–Crippen LogP) is 2.13. The Kier molecular flexibility index (Phi) is 5.62. The van der Waals surface area contributed by atoms with Gasteiger partial charge in [0, 0.05) is 24.8 Å². The van der Waals surface area contributed by atoms with Gasteiger partial charge in [-0.25, -0.2) is 8.42 Å². The van der Waals surface area contributed by atoms with Crippen LogP contribution in [0.4, 0.5) is 0 Å². The van der Waals surface area contributed by atoms with Crippen molar-refractivity contribution in [3.8, 4) is 0 Å². The minimum atomic E-state index is -3.49. The maximum atomic E-state index is 12.1. The quantitative estimate of drug-likeness (QED) is 0.787. The van der Waals surface area contributed by atoms with Crippen LogP contribution in [-0.2, 0) is 21.7 Å². The van der Waals surface area contributed by atoms with Gasteiger partial charge < -0.3 is 9.73 Å². The fourth-order valence-electron chi connectivity index (χ4n) is 2.15. The SMILES string of the molecule is CC(C)(C)c1ccc(C(=O)NCCCc2nnc(S(C)(=O)=O)o2)cc1. The van der Waals surface area contributed by atoms with Crippen molar-refractivity contribution in [3.05, 3.63) is 41.3 Å². The number of hydrogen-bond acceptors (Lipinski definition) is 6. The largest absolute Gasteiger partial charge is 0.413 e. The maximum Gasteiger partial charge on any atom is 0.335 e. The van der Waals surface area contributed by atoms with E-state index < -0.39 is 9.84 Å². The lowest BCUT2D eigenvalue weighted by atomic mass is 9.87.